The highest BCUT2D eigenvalue weighted by atomic mass is 35.5. The summed E-state index contributed by atoms with van der Waals surface area (Å²) in [5.41, 5.74) is 2.06. The molecule has 3 nitrogen and oxygen atoms in total. The molecule has 0 radical (unpaired) electrons. The molecular formula is C17H16ClNO2. The van der Waals surface area contributed by atoms with Crippen LogP contribution in [0.4, 0.5) is 0 Å². The Morgan fingerprint density at radius 2 is 1.95 bits per heavy atom. The Labute approximate surface area is 128 Å². The second-order valence-electron chi connectivity index (χ2n) is 4.81. The lowest BCUT2D eigenvalue weighted by Crippen LogP contribution is -2.04. The smallest absolute Gasteiger partial charge is 0.161 e. The molecular weight excluding hydrogens is 286 g/mol. The summed E-state index contributed by atoms with van der Waals surface area (Å²) in [5, 5.41) is 11.6. The van der Waals surface area contributed by atoms with Crippen LogP contribution in [0, 0.1) is 0 Å². The molecule has 3 rings (SSSR count). The van der Waals surface area contributed by atoms with Gasteiger partial charge in [-0.15, -0.1) is 0 Å². The molecule has 21 heavy (non-hydrogen) atoms. The number of aryl methyl sites for hydroxylation is 1. The Hall–Kier alpha value is -2.13. The van der Waals surface area contributed by atoms with E-state index in [4.69, 9.17) is 16.3 Å². The van der Waals surface area contributed by atoms with Crippen LogP contribution < -0.4 is 4.74 Å². The molecule has 0 aliphatic rings. The van der Waals surface area contributed by atoms with Crippen molar-refractivity contribution in [1.29, 1.82) is 0 Å². The van der Waals surface area contributed by atoms with Crippen molar-refractivity contribution >= 4 is 22.5 Å². The lowest BCUT2D eigenvalue weighted by molar-refractivity contribution is 0.280. The zero-order valence-corrected chi connectivity index (χ0v) is 12.5. The zero-order chi connectivity index (χ0) is 14.8. The fraction of sp³-hybridized carbons (Fsp3) is 0.176. The summed E-state index contributed by atoms with van der Waals surface area (Å²) in [6.45, 7) is 3.27. The third-order valence-electron chi connectivity index (χ3n) is 3.51. The molecule has 0 amide bonds. The number of aromatic nitrogens is 1. The normalized spacial score (nSPS) is 11.0. The van der Waals surface area contributed by atoms with Gasteiger partial charge in [0, 0.05) is 11.9 Å². The van der Waals surface area contributed by atoms with Crippen molar-refractivity contribution < 1.29 is 9.84 Å². The van der Waals surface area contributed by atoms with Crippen molar-refractivity contribution in [1.82, 2.24) is 4.57 Å². The van der Waals surface area contributed by atoms with Gasteiger partial charge >= 0.3 is 0 Å². The first-order chi connectivity index (χ1) is 10.2. The number of phenols is 1. The van der Waals surface area contributed by atoms with E-state index in [1.165, 1.54) is 0 Å². The van der Waals surface area contributed by atoms with E-state index in [0.29, 0.717) is 12.4 Å². The number of nitrogens with zero attached hydrogens (tertiary/aromatic N) is 1. The monoisotopic (exact) mass is 301 g/mol. The molecule has 0 bridgehead atoms. The maximum absolute atomic E-state index is 9.75. The van der Waals surface area contributed by atoms with Crippen molar-refractivity contribution in [3.63, 3.8) is 0 Å². The van der Waals surface area contributed by atoms with Crippen molar-refractivity contribution in [2.45, 2.75) is 20.1 Å². The number of benzene rings is 2. The summed E-state index contributed by atoms with van der Waals surface area (Å²) in [5.74, 6) is 0.631. The summed E-state index contributed by atoms with van der Waals surface area (Å²) in [7, 11) is 0. The average Bonchev–Trinajstić information content (AvgIpc) is 2.85. The Morgan fingerprint density at radius 3 is 2.71 bits per heavy atom. The van der Waals surface area contributed by atoms with Gasteiger partial charge in [-0.3, -0.25) is 0 Å². The fourth-order valence-electron chi connectivity index (χ4n) is 2.55. The largest absolute Gasteiger partial charge is 0.504 e. The number of hydrogen-bond acceptors (Lipinski definition) is 2. The van der Waals surface area contributed by atoms with E-state index in [1.54, 1.807) is 18.2 Å². The second-order valence-corrected chi connectivity index (χ2v) is 5.22. The first-order valence-electron chi connectivity index (χ1n) is 6.88. The maximum atomic E-state index is 9.75. The fourth-order valence-corrected chi connectivity index (χ4v) is 2.83. The minimum absolute atomic E-state index is 0.148. The van der Waals surface area contributed by atoms with Gasteiger partial charge < -0.3 is 14.4 Å². The molecule has 1 heterocycles. The highest BCUT2D eigenvalue weighted by Gasteiger charge is 2.11. The summed E-state index contributed by atoms with van der Waals surface area (Å²) < 4.78 is 7.86. The number of phenolic OH excluding ortho intramolecular Hbond substituents is 1. The second kappa shape index (κ2) is 5.70. The van der Waals surface area contributed by atoms with Crippen LogP contribution in [0.3, 0.4) is 0 Å². The van der Waals surface area contributed by atoms with Crippen molar-refractivity contribution in [2.75, 3.05) is 0 Å². The predicted octanol–water partition coefficient (Wildman–Crippen LogP) is 4.60. The van der Waals surface area contributed by atoms with Crippen LogP contribution in [0.5, 0.6) is 11.5 Å². The Kier molecular flexibility index (Phi) is 3.76. The molecule has 1 N–H and O–H groups in total. The lowest BCUT2D eigenvalue weighted by Gasteiger charge is -2.11. The van der Waals surface area contributed by atoms with E-state index in [-0.39, 0.29) is 5.75 Å². The molecule has 1 aromatic heterocycles. The van der Waals surface area contributed by atoms with Gasteiger partial charge in [0.25, 0.3) is 0 Å². The molecule has 0 unspecified atom stereocenters. The highest BCUT2D eigenvalue weighted by molar-refractivity contribution is 6.35. The summed E-state index contributed by atoms with van der Waals surface area (Å²) in [6.07, 6.45) is 0. The van der Waals surface area contributed by atoms with Gasteiger partial charge in [-0.1, -0.05) is 35.9 Å². The zero-order valence-electron chi connectivity index (χ0n) is 11.7. The van der Waals surface area contributed by atoms with Crippen molar-refractivity contribution in [3.8, 4) is 11.5 Å². The molecule has 2 aromatic carbocycles. The molecule has 0 atom stereocenters. The molecule has 0 fully saturated rings. The molecule has 0 saturated carbocycles. The van der Waals surface area contributed by atoms with Gasteiger partial charge in [-0.25, -0.2) is 0 Å². The van der Waals surface area contributed by atoms with E-state index < -0.39 is 0 Å². The minimum atomic E-state index is 0.148. The Balaban J connectivity index is 1.94. The van der Waals surface area contributed by atoms with Crippen LogP contribution in [0.15, 0.2) is 48.5 Å². The number of fused-ring (bicyclic) bond motifs is 1. The van der Waals surface area contributed by atoms with Gasteiger partial charge in [-0.2, -0.15) is 0 Å². The Morgan fingerprint density at radius 1 is 1.14 bits per heavy atom. The minimum Gasteiger partial charge on any atom is -0.504 e. The quantitative estimate of drug-likeness (QED) is 0.764. The molecule has 3 aromatic rings. The molecule has 4 heteroatoms. The summed E-state index contributed by atoms with van der Waals surface area (Å²) >= 11 is 6.30. The maximum Gasteiger partial charge on any atom is 0.161 e. The molecule has 0 spiro atoms. The molecule has 0 saturated heterocycles. The van der Waals surface area contributed by atoms with E-state index in [0.717, 1.165) is 28.2 Å². The average molecular weight is 302 g/mol. The van der Waals surface area contributed by atoms with Crippen LogP contribution in [0.2, 0.25) is 5.02 Å². The number of para-hydroxylation sites is 3. The molecule has 0 aliphatic carbocycles. The first kappa shape index (κ1) is 13.8. The molecule has 0 aliphatic heterocycles. The van der Waals surface area contributed by atoms with Crippen LogP contribution in [0.25, 0.3) is 10.9 Å². The van der Waals surface area contributed by atoms with Crippen molar-refractivity contribution in [2.24, 2.45) is 0 Å². The van der Waals surface area contributed by atoms with Crippen LogP contribution in [-0.4, -0.2) is 9.67 Å². The third kappa shape index (κ3) is 2.57. The van der Waals surface area contributed by atoms with Gasteiger partial charge in [-0.05, 0) is 31.2 Å². The highest BCUT2D eigenvalue weighted by Crippen LogP contribution is 2.29. The predicted molar refractivity (Wildman–Crippen MR) is 85.1 cm³/mol. The van der Waals surface area contributed by atoms with E-state index in [9.17, 15) is 5.11 Å². The SMILES string of the molecule is CCn1c(COc2ccccc2O)cc2cccc(Cl)c21. The summed E-state index contributed by atoms with van der Waals surface area (Å²) in [6, 6.07) is 14.9. The lowest BCUT2D eigenvalue weighted by atomic mass is 10.2. The van der Waals surface area contributed by atoms with E-state index >= 15 is 0 Å². The number of rotatable bonds is 4. The number of halogens is 1. The number of ether oxygens (including phenoxy) is 1. The number of hydrogen-bond donors (Lipinski definition) is 1. The van der Waals surface area contributed by atoms with Crippen LogP contribution in [-0.2, 0) is 13.2 Å². The third-order valence-corrected chi connectivity index (χ3v) is 3.82. The van der Waals surface area contributed by atoms with Gasteiger partial charge in [0.1, 0.15) is 6.61 Å². The van der Waals surface area contributed by atoms with Gasteiger partial charge in [0.2, 0.25) is 0 Å². The molecule has 108 valence electrons. The summed E-state index contributed by atoms with van der Waals surface area (Å²) in [4.78, 5) is 0. The van der Waals surface area contributed by atoms with Crippen molar-refractivity contribution in [3.05, 3.63) is 59.2 Å². The van der Waals surface area contributed by atoms with Gasteiger partial charge in [0.05, 0.1) is 16.2 Å². The Bertz CT molecular complexity index is 780. The van der Waals surface area contributed by atoms with Crippen LogP contribution in [0.1, 0.15) is 12.6 Å². The van der Waals surface area contributed by atoms with E-state index in [1.807, 2.05) is 24.3 Å². The van der Waals surface area contributed by atoms with E-state index in [2.05, 4.69) is 17.6 Å². The number of aromatic hydroxyl groups is 1. The van der Waals surface area contributed by atoms with Crippen LogP contribution >= 0.6 is 11.6 Å². The van der Waals surface area contributed by atoms with Gasteiger partial charge in [0.15, 0.2) is 11.5 Å². The standard InChI is InChI=1S/C17H16ClNO2/c1-2-19-13(10-12-6-5-7-14(18)17(12)19)11-21-16-9-4-3-8-15(16)20/h3-10,20H,2,11H2,1H3. The first-order valence-corrected chi connectivity index (χ1v) is 7.26. The topological polar surface area (TPSA) is 34.4 Å².